The lowest BCUT2D eigenvalue weighted by molar-refractivity contribution is 0.201. The molecule has 3 heterocycles. The monoisotopic (exact) mass is 560 g/mol. The van der Waals surface area contributed by atoms with Crippen LogP contribution in [0.3, 0.4) is 0 Å². The maximum absolute atomic E-state index is 13.5. The highest BCUT2D eigenvalue weighted by molar-refractivity contribution is 5.60. The number of nitrogens with zero attached hydrogens (tertiary/aromatic N) is 4. The molecule has 5 aromatic rings. The van der Waals surface area contributed by atoms with Crippen LogP contribution in [0.15, 0.2) is 109 Å². The van der Waals surface area contributed by atoms with Gasteiger partial charge in [0, 0.05) is 61.4 Å². The minimum atomic E-state index is -0.246. The number of pyridine rings is 2. The number of hydrogen-bond donors (Lipinski definition) is 0. The first-order chi connectivity index (χ1) is 20.5. The van der Waals surface area contributed by atoms with E-state index in [4.69, 9.17) is 0 Å². The zero-order valence-electron chi connectivity index (χ0n) is 23.8. The number of anilines is 1. The molecule has 0 saturated carbocycles. The van der Waals surface area contributed by atoms with Crippen molar-refractivity contribution in [1.29, 1.82) is 0 Å². The highest BCUT2D eigenvalue weighted by Crippen LogP contribution is 2.28. The van der Waals surface area contributed by atoms with Crippen LogP contribution in [0.5, 0.6) is 0 Å². The summed E-state index contributed by atoms with van der Waals surface area (Å²) >= 11 is 0. The molecule has 0 amide bonds. The number of rotatable bonds is 8. The van der Waals surface area contributed by atoms with E-state index in [1.165, 1.54) is 46.6 Å². The molecule has 4 nitrogen and oxygen atoms in total. The number of piperidine rings is 1. The van der Waals surface area contributed by atoms with Crippen LogP contribution < -0.4 is 4.90 Å². The molecule has 6 heteroatoms. The summed E-state index contributed by atoms with van der Waals surface area (Å²) in [5, 5.41) is 0. The predicted octanol–water partition coefficient (Wildman–Crippen LogP) is 8.07. The molecule has 6 rings (SSSR count). The SMILES string of the molecule is Cc1ccc(N(Cc2ccnc(-c3ccc(F)cc3)c2)C2CCN(Cc3ccnc(-c4ccc(F)cc4)c3)CC2)cc1. The average Bonchev–Trinajstić information content (AvgIpc) is 3.02. The Kier molecular flexibility index (Phi) is 8.33. The maximum Gasteiger partial charge on any atom is 0.123 e. The molecule has 42 heavy (non-hydrogen) atoms. The second-order valence-electron chi connectivity index (χ2n) is 11.1. The minimum Gasteiger partial charge on any atom is -0.364 e. The third-order valence-corrected chi connectivity index (χ3v) is 8.05. The van der Waals surface area contributed by atoms with Crippen molar-refractivity contribution in [1.82, 2.24) is 14.9 Å². The number of hydrogen-bond acceptors (Lipinski definition) is 4. The van der Waals surface area contributed by atoms with Gasteiger partial charge in [-0.1, -0.05) is 17.7 Å². The molecule has 3 aromatic carbocycles. The van der Waals surface area contributed by atoms with E-state index in [2.05, 4.69) is 75.2 Å². The average molecular weight is 561 g/mol. The molecule has 2 aromatic heterocycles. The summed E-state index contributed by atoms with van der Waals surface area (Å²) in [6.45, 7) is 5.75. The lowest BCUT2D eigenvalue weighted by Crippen LogP contribution is -2.44. The van der Waals surface area contributed by atoms with Gasteiger partial charge in [-0.05, 0) is 116 Å². The third-order valence-electron chi connectivity index (χ3n) is 8.05. The van der Waals surface area contributed by atoms with E-state index in [9.17, 15) is 8.78 Å². The molecule has 1 aliphatic heterocycles. The van der Waals surface area contributed by atoms with Gasteiger partial charge in [-0.25, -0.2) is 8.78 Å². The van der Waals surface area contributed by atoms with E-state index in [-0.39, 0.29) is 11.6 Å². The Balaban J connectivity index is 1.16. The largest absolute Gasteiger partial charge is 0.364 e. The Morgan fingerprint density at radius 3 is 1.79 bits per heavy atom. The zero-order chi connectivity index (χ0) is 28.9. The Bertz CT molecular complexity index is 1610. The van der Waals surface area contributed by atoms with Gasteiger partial charge in [-0.15, -0.1) is 0 Å². The first kappa shape index (κ1) is 27.7. The maximum atomic E-state index is 13.5. The van der Waals surface area contributed by atoms with Gasteiger partial charge in [-0.3, -0.25) is 14.9 Å². The minimum absolute atomic E-state index is 0.241. The van der Waals surface area contributed by atoms with Gasteiger partial charge < -0.3 is 4.90 Å². The summed E-state index contributed by atoms with van der Waals surface area (Å²) < 4.78 is 26.9. The van der Waals surface area contributed by atoms with Crippen molar-refractivity contribution in [2.24, 2.45) is 0 Å². The molecule has 0 spiro atoms. The lowest BCUT2D eigenvalue weighted by Gasteiger charge is -2.40. The molecule has 0 aliphatic carbocycles. The first-order valence-electron chi connectivity index (χ1n) is 14.5. The van der Waals surface area contributed by atoms with Gasteiger partial charge in [0.1, 0.15) is 11.6 Å². The fourth-order valence-electron chi connectivity index (χ4n) is 5.71. The lowest BCUT2D eigenvalue weighted by atomic mass is 10.00. The normalized spacial score (nSPS) is 14.2. The summed E-state index contributed by atoms with van der Waals surface area (Å²) in [6.07, 6.45) is 5.80. The Labute approximate surface area is 246 Å². The second kappa shape index (κ2) is 12.6. The third kappa shape index (κ3) is 6.72. The van der Waals surface area contributed by atoms with Crippen LogP contribution in [0.1, 0.15) is 29.5 Å². The van der Waals surface area contributed by atoms with Crippen molar-refractivity contribution >= 4 is 5.69 Å². The first-order valence-corrected chi connectivity index (χ1v) is 14.5. The fraction of sp³-hybridized carbons (Fsp3) is 0.222. The molecule has 0 N–H and O–H groups in total. The van der Waals surface area contributed by atoms with Crippen molar-refractivity contribution < 1.29 is 8.78 Å². The van der Waals surface area contributed by atoms with E-state index in [1.807, 2.05) is 12.4 Å². The molecule has 0 radical (unpaired) electrons. The van der Waals surface area contributed by atoms with Crippen molar-refractivity contribution in [2.75, 3.05) is 18.0 Å². The van der Waals surface area contributed by atoms with Crippen LogP contribution in [0.2, 0.25) is 0 Å². The number of aryl methyl sites for hydroxylation is 1. The van der Waals surface area contributed by atoms with E-state index in [1.54, 1.807) is 24.3 Å². The Morgan fingerprint density at radius 1 is 0.690 bits per heavy atom. The van der Waals surface area contributed by atoms with Crippen LogP contribution in [-0.2, 0) is 13.1 Å². The van der Waals surface area contributed by atoms with Crippen LogP contribution in [0, 0.1) is 18.6 Å². The van der Waals surface area contributed by atoms with Crippen molar-refractivity contribution in [2.45, 2.75) is 38.9 Å². The Morgan fingerprint density at radius 2 is 1.21 bits per heavy atom. The highest BCUT2D eigenvalue weighted by atomic mass is 19.1. The van der Waals surface area contributed by atoms with E-state index < -0.39 is 0 Å². The summed E-state index contributed by atoms with van der Waals surface area (Å²) in [7, 11) is 0. The molecule has 1 aliphatic rings. The molecule has 0 bridgehead atoms. The highest BCUT2D eigenvalue weighted by Gasteiger charge is 2.25. The van der Waals surface area contributed by atoms with Gasteiger partial charge in [0.2, 0.25) is 0 Å². The summed E-state index contributed by atoms with van der Waals surface area (Å²) in [5.41, 5.74) is 8.40. The smallest absolute Gasteiger partial charge is 0.123 e. The molecule has 1 saturated heterocycles. The summed E-state index contributed by atoms with van der Waals surface area (Å²) in [5.74, 6) is -0.487. The van der Waals surface area contributed by atoms with E-state index in [0.717, 1.165) is 61.5 Å². The molecule has 212 valence electrons. The predicted molar refractivity (Wildman–Crippen MR) is 165 cm³/mol. The van der Waals surface area contributed by atoms with Crippen LogP contribution in [-0.4, -0.2) is 34.0 Å². The van der Waals surface area contributed by atoms with Crippen LogP contribution in [0.4, 0.5) is 14.5 Å². The second-order valence-corrected chi connectivity index (χ2v) is 11.1. The molecule has 0 atom stereocenters. The van der Waals surface area contributed by atoms with E-state index in [0.29, 0.717) is 6.04 Å². The van der Waals surface area contributed by atoms with Crippen molar-refractivity contribution in [3.8, 4) is 22.5 Å². The number of benzene rings is 3. The number of aromatic nitrogens is 2. The Hall–Kier alpha value is -4.42. The summed E-state index contributed by atoms with van der Waals surface area (Å²) in [6, 6.07) is 30.6. The van der Waals surface area contributed by atoms with Crippen LogP contribution in [0.25, 0.3) is 22.5 Å². The number of likely N-dealkylation sites (tertiary alicyclic amines) is 1. The van der Waals surface area contributed by atoms with Crippen molar-refractivity contribution in [3.63, 3.8) is 0 Å². The van der Waals surface area contributed by atoms with Gasteiger partial charge >= 0.3 is 0 Å². The number of halogens is 2. The van der Waals surface area contributed by atoms with Gasteiger partial charge in [0.25, 0.3) is 0 Å². The molecular formula is C36H34F2N4. The van der Waals surface area contributed by atoms with Gasteiger partial charge in [-0.2, -0.15) is 0 Å². The quantitative estimate of drug-likeness (QED) is 0.192. The van der Waals surface area contributed by atoms with E-state index >= 15 is 0 Å². The van der Waals surface area contributed by atoms with Crippen molar-refractivity contribution in [3.05, 3.63) is 138 Å². The van der Waals surface area contributed by atoms with Gasteiger partial charge in [0.05, 0.1) is 11.4 Å². The summed E-state index contributed by atoms with van der Waals surface area (Å²) in [4.78, 5) is 14.1. The molecular weight excluding hydrogens is 526 g/mol. The molecule has 0 unspecified atom stereocenters. The van der Waals surface area contributed by atoms with Crippen LogP contribution >= 0.6 is 0 Å². The molecule has 1 fully saturated rings. The standard InChI is InChI=1S/C36H34F2N4/c1-26-2-12-33(13-3-26)42(25-28-15-19-40-36(23-28)30-6-10-32(38)11-7-30)34-16-20-41(21-17-34)24-27-14-18-39-35(22-27)29-4-8-31(37)9-5-29/h2-15,18-19,22-23,34H,16-17,20-21,24-25H2,1H3. The fourth-order valence-corrected chi connectivity index (χ4v) is 5.71. The zero-order valence-corrected chi connectivity index (χ0v) is 23.8. The van der Waals surface area contributed by atoms with Gasteiger partial charge in [0.15, 0.2) is 0 Å². The topological polar surface area (TPSA) is 32.3 Å².